The van der Waals surface area contributed by atoms with Gasteiger partial charge in [0.25, 0.3) is 5.91 Å². The number of aromatic hydroxyl groups is 1. The zero-order valence-electron chi connectivity index (χ0n) is 19.9. The van der Waals surface area contributed by atoms with Gasteiger partial charge in [0.05, 0.1) is 6.10 Å². The Kier molecular flexibility index (Phi) is 6.49. The van der Waals surface area contributed by atoms with E-state index in [1.807, 2.05) is 12.1 Å². The van der Waals surface area contributed by atoms with Gasteiger partial charge in [0.1, 0.15) is 23.9 Å². The summed E-state index contributed by atoms with van der Waals surface area (Å²) in [5.74, 6) is -0.780. The molecule has 1 saturated heterocycles. The molecule has 180 valence electrons. The van der Waals surface area contributed by atoms with Gasteiger partial charge < -0.3 is 20.5 Å². The minimum atomic E-state index is -1.01. The van der Waals surface area contributed by atoms with Crippen LogP contribution in [0.2, 0.25) is 0 Å². The smallest absolute Gasteiger partial charge is 0.251 e. The second kappa shape index (κ2) is 9.22. The Hall–Kier alpha value is -3.19. The normalized spacial score (nSPS) is 22.8. The van der Waals surface area contributed by atoms with Crippen LogP contribution >= 0.6 is 0 Å². The summed E-state index contributed by atoms with van der Waals surface area (Å²) in [6, 6.07) is 12.9. The lowest BCUT2D eigenvalue weighted by molar-refractivity contribution is -0.131. The Morgan fingerprint density at radius 1 is 1.12 bits per heavy atom. The van der Waals surface area contributed by atoms with E-state index >= 15 is 0 Å². The summed E-state index contributed by atoms with van der Waals surface area (Å²) in [5.41, 5.74) is 1.28. The van der Waals surface area contributed by atoms with Crippen LogP contribution in [-0.2, 0) is 26.2 Å². The molecular formula is C27H32N2O5. The Balaban J connectivity index is 1.55. The van der Waals surface area contributed by atoms with Crippen molar-refractivity contribution in [1.29, 1.82) is 0 Å². The van der Waals surface area contributed by atoms with Crippen molar-refractivity contribution in [2.75, 3.05) is 6.61 Å². The summed E-state index contributed by atoms with van der Waals surface area (Å²) in [6.07, 6.45) is 1.95. The fourth-order valence-corrected chi connectivity index (χ4v) is 4.78. The maximum Gasteiger partial charge on any atom is 0.251 e. The van der Waals surface area contributed by atoms with E-state index in [1.165, 1.54) is 12.1 Å². The zero-order valence-corrected chi connectivity index (χ0v) is 19.9. The maximum absolute atomic E-state index is 13.4. The molecule has 1 aliphatic carbocycles. The molecule has 0 radical (unpaired) electrons. The van der Waals surface area contributed by atoms with Crippen molar-refractivity contribution in [3.8, 4) is 5.75 Å². The minimum Gasteiger partial charge on any atom is -0.508 e. The van der Waals surface area contributed by atoms with Crippen LogP contribution in [0.25, 0.3) is 0 Å². The van der Waals surface area contributed by atoms with Gasteiger partial charge in [-0.1, -0.05) is 45.0 Å². The molecule has 2 amide bonds. The first-order valence-electron chi connectivity index (χ1n) is 11.7. The summed E-state index contributed by atoms with van der Waals surface area (Å²) in [6.45, 7) is 6.30. The highest BCUT2D eigenvalue weighted by molar-refractivity contribution is 6.00. The summed E-state index contributed by atoms with van der Waals surface area (Å²) in [4.78, 5) is 39.1. The van der Waals surface area contributed by atoms with Gasteiger partial charge in [-0.3, -0.25) is 14.4 Å². The number of phenolic OH excluding ortho intramolecular Hbond substituents is 1. The number of phenols is 1. The number of rotatable bonds is 6. The number of amides is 2. The summed E-state index contributed by atoms with van der Waals surface area (Å²) in [7, 11) is 0. The molecule has 1 heterocycles. The Labute approximate surface area is 199 Å². The summed E-state index contributed by atoms with van der Waals surface area (Å²) >= 11 is 0. The van der Waals surface area contributed by atoms with Crippen LogP contribution in [0.4, 0.5) is 0 Å². The van der Waals surface area contributed by atoms with E-state index in [2.05, 4.69) is 31.4 Å². The van der Waals surface area contributed by atoms with Crippen molar-refractivity contribution >= 4 is 17.6 Å². The molecule has 7 heteroatoms. The molecule has 0 bridgehead atoms. The highest BCUT2D eigenvalue weighted by Crippen LogP contribution is 2.38. The third kappa shape index (κ3) is 4.85. The fourth-order valence-electron chi connectivity index (χ4n) is 4.78. The number of hydrogen-bond donors (Lipinski definition) is 3. The van der Waals surface area contributed by atoms with Crippen LogP contribution in [-0.4, -0.2) is 47.0 Å². The predicted molar refractivity (Wildman–Crippen MR) is 128 cm³/mol. The van der Waals surface area contributed by atoms with Gasteiger partial charge in [0.2, 0.25) is 5.91 Å². The zero-order chi connectivity index (χ0) is 24.5. The standard InChI is InChI=1S/C27H32N2O5/c1-26(2,3)19-10-8-18(9-11-19)24(32)28-21(15-17-6-12-20(30)13-7-17)25(33)29-27-14-4-5-23(27)34-16-22(27)31/h6-13,21,23,30H,4-5,14-16H2,1-3H3,(H,28,32)(H,29,33)/t21-,23+,27-/m0/s1. The van der Waals surface area contributed by atoms with E-state index in [-0.39, 0.29) is 42.0 Å². The van der Waals surface area contributed by atoms with Gasteiger partial charge in [0.15, 0.2) is 5.78 Å². The first kappa shape index (κ1) is 24.0. The van der Waals surface area contributed by atoms with Crippen molar-refractivity contribution in [3.05, 3.63) is 65.2 Å². The van der Waals surface area contributed by atoms with Crippen LogP contribution in [0.15, 0.2) is 48.5 Å². The molecule has 1 saturated carbocycles. The molecular weight excluding hydrogens is 432 g/mol. The lowest BCUT2D eigenvalue weighted by Gasteiger charge is -2.30. The highest BCUT2D eigenvalue weighted by Gasteiger charge is 2.55. The highest BCUT2D eigenvalue weighted by atomic mass is 16.5. The molecule has 7 nitrogen and oxygen atoms in total. The van der Waals surface area contributed by atoms with Gasteiger partial charge in [-0.05, 0) is 60.1 Å². The molecule has 1 aliphatic heterocycles. The molecule has 34 heavy (non-hydrogen) atoms. The fraction of sp³-hybridized carbons (Fsp3) is 0.444. The molecule has 2 fully saturated rings. The van der Waals surface area contributed by atoms with Crippen molar-refractivity contribution in [3.63, 3.8) is 0 Å². The topological polar surface area (TPSA) is 105 Å². The number of benzene rings is 2. The van der Waals surface area contributed by atoms with E-state index in [1.54, 1.807) is 24.3 Å². The molecule has 3 N–H and O–H groups in total. The monoisotopic (exact) mass is 464 g/mol. The Morgan fingerprint density at radius 3 is 2.44 bits per heavy atom. The van der Waals surface area contributed by atoms with Crippen LogP contribution in [0.1, 0.15) is 61.5 Å². The summed E-state index contributed by atoms with van der Waals surface area (Å²) in [5, 5.41) is 15.4. The second-order valence-corrected chi connectivity index (χ2v) is 10.3. The quantitative estimate of drug-likeness (QED) is 0.610. The Bertz CT molecular complexity index is 1070. The molecule has 4 rings (SSSR count). The number of carbonyl (C=O) groups excluding carboxylic acids is 3. The van der Waals surface area contributed by atoms with E-state index in [9.17, 15) is 19.5 Å². The number of carbonyl (C=O) groups is 3. The second-order valence-electron chi connectivity index (χ2n) is 10.3. The van der Waals surface area contributed by atoms with E-state index in [4.69, 9.17) is 4.74 Å². The first-order valence-corrected chi connectivity index (χ1v) is 11.7. The van der Waals surface area contributed by atoms with Gasteiger partial charge in [-0.2, -0.15) is 0 Å². The maximum atomic E-state index is 13.4. The lowest BCUT2D eigenvalue weighted by atomic mass is 9.86. The van der Waals surface area contributed by atoms with E-state index < -0.39 is 17.5 Å². The molecule has 0 unspecified atom stereocenters. The molecule has 0 spiro atoms. The molecule has 3 atom stereocenters. The average Bonchev–Trinajstić information content (AvgIpc) is 3.33. The molecule has 0 aromatic heterocycles. The van der Waals surface area contributed by atoms with Crippen LogP contribution < -0.4 is 10.6 Å². The van der Waals surface area contributed by atoms with E-state index in [0.717, 1.165) is 24.0 Å². The average molecular weight is 465 g/mol. The third-order valence-electron chi connectivity index (χ3n) is 6.86. The van der Waals surface area contributed by atoms with Gasteiger partial charge >= 0.3 is 0 Å². The first-order chi connectivity index (χ1) is 16.1. The van der Waals surface area contributed by atoms with Gasteiger partial charge in [-0.25, -0.2) is 0 Å². The number of nitrogens with one attached hydrogen (secondary N) is 2. The number of ether oxygens (including phenoxy) is 1. The van der Waals surface area contributed by atoms with Crippen molar-refractivity contribution in [1.82, 2.24) is 10.6 Å². The molecule has 2 aromatic rings. The number of hydrogen-bond acceptors (Lipinski definition) is 5. The van der Waals surface area contributed by atoms with Crippen molar-refractivity contribution in [2.24, 2.45) is 0 Å². The van der Waals surface area contributed by atoms with Crippen LogP contribution in [0, 0.1) is 0 Å². The van der Waals surface area contributed by atoms with E-state index in [0.29, 0.717) is 12.0 Å². The van der Waals surface area contributed by atoms with Crippen molar-refractivity contribution < 1.29 is 24.2 Å². The van der Waals surface area contributed by atoms with Crippen molar-refractivity contribution in [2.45, 2.75) is 69.6 Å². The Morgan fingerprint density at radius 2 is 1.79 bits per heavy atom. The predicted octanol–water partition coefficient (Wildman–Crippen LogP) is 3.04. The molecule has 2 aliphatic rings. The van der Waals surface area contributed by atoms with Crippen LogP contribution in [0.3, 0.4) is 0 Å². The van der Waals surface area contributed by atoms with Crippen LogP contribution in [0.5, 0.6) is 5.75 Å². The number of ketones is 1. The minimum absolute atomic E-state index is 0.0000596. The third-order valence-corrected chi connectivity index (χ3v) is 6.86. The SMILES string of the molecule is CC(C)(C)c1ccc(C(=O)N[C@@H](Cc2ccc(O)cc2)C(=O)N[C@]23CCC[C@H]2OCC3=O)cc1. The molecule has 2 aromatic carbocycles. The summed E-state index contributed by atoms with van der Waals surface area (Å²) < 4.78 is 5.61. The largest absolute Gasteiger partial charge is 0.508 e. The van der Waals surface area contributed by atoms with Gasteiger partial charge in [-0.15, -0.1) is 0 Å². The number of Topliss-reactive ketones (excluding diaryl/α,β-unsaturated/α-hetero) is 1. The van der Waals surface area contributed by atoms with Gasteiger partial charge in [0, 0.05) is 12.0 Å². The lowest BCUT2D eigenvalue weighted by Crippen LogP contribution is -2.60. The number of fused-ring (bicyclic) bond motifs is 1.